The Morgan fingerprint density at radius 1 is 0.932 bits per heavy atom. The molecule has 3 aromatic rings. The van der Waals surface area contributed by atoms with Crippen LogP contribution in [0.25, 0.3) is 0 Å². The van der Waals surface area contributed by atoms with Crippen molar-refractivity contribution >= 4 is 23.8 Å². The molecule has 2 aliphatic heterocycles. The molecule has 3 aromatic carbocycles. The zero-order valence-corrected chi connectivity index (χ0v) is 24.3. The molecule has 44 heavy (non-hydrogen) atoms. The standard InChI is InChI=1S/C34H35N5O5/c1-2-19-37-24-31(40)38-29(21-32(41)42)33(43)36(23-30(38)39(37)34(44)35-22-25-12-6-3-7-13-25)20-18-28(26-14-8-4-9-15-26)27-16-10-5-11-17-27/h1,3-17,28-30H,18-24H2,(H,35,44)(H,41,42)/t29-,30-/m0/s1. The SMILES string of the molecule is C#CCN1CC(=O)N2[C@@H](CC(=O)O)C(=O)N(CCC(c3ccccc3)c3ccccc3)C[C@@H]2N1C(=O)NCc1ccccc1. The van der Waals surface area contributed by atoms with Gasteiger partial charge in [0, 0.05) is 19.0 Å². The number of hydrogen-bond donors (Lipinski definition) is 2. The third-order valence-electron chi connectivity index (χ3n) is 8.06. The van der Waals surface area contributed by atoms with E-state index in [2.05, 4.69) is 11.2 Å². The predicted octanol–water partition coefficient (Wildman–Crippen LogP) is 3.12. The van der Waals surface area contributed by atoms with Crippen molar-refractivity contribution in [3.05, 3.63) is 108 Å². The second kappa shape index (κ2) is 13.9. The third kappa shape index (κ3) is 6.74. The first-order chi connectivity index (χ1) is 21.4. The van der Waals surface area contributed by atoms with Crippen LogP contribution in [0.1, 0.15) is 35.4 Å². The molecule has 0 aromatic heterocycles. The first kappa shape index (κ1) is 30.3. The summed E-state index contributed by atoms with van der Waals surface area (Å²) in [5, 5.41) is 15.5. The lowest BCUT2D eigenvalue weighted by Gasteiger charge is -2.54. The highest BCUT2D eigenvalue weighted by Gasteiger charge is 2.51. The Morgan fingerprint density at radius 3 is 2.09 bits per heavy atom. The van der Waals surface area contributed by atoms with Crippen LogP contribution in [0.3, 0.4) is 0 Å². The molecule has 10 nitrogen and oxygen atoms in total. The number of carbonyl (C=O) groups is 4. The third-order valence-corrected chi connectivity index (χ3v) is 8.06. The second-order valence-electron chi connectivity index (χ2n) is 10.9. The largest absolute Gasteiger partial charge is 0.481 e. The van der Waals surface area contributed by atoms with Gasteiger partial charge in [0.25, 0.3) is 0 Å². The van der Waals surface area contributed by atoms with Crippen molar-refractivity contribution in [2.45, 2.75) is 37.5 Å². The molecule has 2 heterocycles. The highest BCUT2D eigenvalue weighted by atomic mass is 16.4. The average Bonchev–Trinajstić information content (AvgIpc) is 3.03. The number of rotatable bonds is 10. The van der Waals surface area contributed by atoms with Crippen molar-refractivity contribution < 1.29 is 24.3 Å². The Labute approximate surface area is 256 Å². The number of terminal acetylenes is 1. The van der Waals surface area contributed by atoms with Gasteiger partial charge in [-0.3, -0.25) is 14.4 Å². The lowest BCUT2D eigenvalue weighted by atomic mass is 9.88. The fraction of sp³-hybridized carbons (Fsp3) is 0.294. The molecule has 0 unspecified atom stereocenters. The molecule has 2 fully saturated rings. The maximum absolute atomic E-state index is 13.8. The Hall–Kier alpha value is -5.14. The summed E-state index contributed by atoms with van der Waals surface area (Å²) < 4.78 is 0. The summed E-state index contributed by atoms with van der Waals surface area (Å²) in [7, 11) is 0. The monoisotopic (exact) mass is 593 g/mol. The van der Waals surface area contributed by atoms with Crippen molar-refractivity contribution in [1.29, 1.82) is 0 Å². The van der Waals surface area contributed by atoms with E-state index in [9.17, 15) is 24.3 Å². The van der Waals surface area contributed by atoms with Crippen LogP contribution in [0.4, 0.5) is 4.79 Å². The Bertz CT molecular complexity index is 1470. The predicted molar refractivity (Wildman–Crippen MR) is 164 cm³/mol. The van der Waals surface area contributed by atoms with Crippen LogP contribution in [-0.4, -0.2) is 87.1 Å². The van der Waals surface area contributed by atoms with Gasteiger partial charge in [-0.1, -0.05) is 96.9 Å². The molecule has 2 saturated heterocycles. The number of nitrogens with one attached hydrogen (secondary N) is 1. The summed E-state index contributed by atoms with van der Waals surface area (Å²) in [5.41, 5.74) is 3.05. The normalized spacial score (nSPS) is 18.6. The Kier molecular flexibility index (Phi) is 9.57. The van der Waals surface area contributed by atoms with Crippen LogP contribution in [-0.2, 0) is 20.9 Å². The number of hydrazine groups is 1. The molecule has 2 atom stereocenters. The van der Waals surface area contributed by atoms with E-state index in [-0.39, 0.29) is 38.6 Å². The van der Waals surface area contributed by atoms with Gasteiger partial charge in [-0.2, -0.15) is 5.01 Å². The van der Waals surface area contributed by atoms with E-state index >= 15 is 0 Å². The first-order valence-electron chi connectivity index (χ1n) is 14.6. The molecule has 0 radical (unpaired) electrons. The van der Waals surface area contributed by atoms with E-state index in [0.717, 1.165) is 16.7 Å². The maximum atomic E-state index is 13.8. The van der Waals surface area contributed by atoms with Gasteiger partial charge in [-0.15, -0.1) is 6.42 Å². The molecule has 0 spiro atoms. The molecule has 10 heteroatoms. The lowest BCUT2D eigenvalue weighted by Crippen LogP contribution is -2.76. The molecule has 226 valence electrons. The van der Waals surface area contributed by atoms with Gasteiger partial charge in [-0.25, -0.2) is 9.80 Å². The van der Waals surface area contributed by atoms with Crippen LogP contribution >= 0.6 is 0 Å². The fourth-order valence-electron chi connectivity index (χ4n) is 6.04. The molecule has 0 bridgehead atoms. The summed E-state index contributed by atoms with van der Waals surface area (Å²) in [6.07, 6.45) is 4.66. The minimum atomic E-state index is -1.26. The minimum Gasteiger partial charge on any atom is -0.481 e. The number of carbonyl (C=O) groups excluding carboxylic acids is 3. The smallest absolute Gasteiger partial charge is 0.334 e. The van der Waals surface area contributed by atoms with Gasteiger partial charge in [0.05, 0.1) is 26.1 Å². The van der Waals surface area contributed by atoms with Crippen LogP contribution < -0.4 is 5.32 Å². The molecule has 5 rings (SSSR count). The van der Waals surface area contributed by atoms with Crippen molar-refractivity contribution in [3.8, 4) is 12.3 Å². The zero-order valence-electron chi connectivity index (χ0n) is 24.3. The number of piperazine rings is 1. The summed E-state index contributed by atoms with van der Waals surface area (Å²) in [4.78, 5) is 55.8. The molecule has 0 aliphatic carbocycles. The number of urea groups is 1. The van der Waals surface area contributed by atoms with Crippen LogP contribution in [0, 0.1) is 12.3 Å². The van der Waals surface area contributed by atoms with Crippen LogP contribution in [0.2, 0.25) is 0 Å². The van der Waals surface area contributed by atoms with E-state index in [1.165, 1.54) is 14.9 Å². The lowest BCUT2D eigenvalue weighted by molar-refractivity contribution is -0.190. The number of benzene rings is 3. The van der Waals surface area contributed by atoms with Crippen molar-refractivity contribution in [1.82, 2.24) is 25.1 Å². The van der Waals surface area contributed by atoms with E-state index < -0.39 is 42.4 Å². The first-order valence-corrected chi connectivity index (χ1v) is 14.6. The quantitative estimate of drug-likeness (QED) is 0.350. The van der Waals surface area contributed by atoms with Gasteiger partial charge in [-0.05, 0) is 23.1 Å². The van der Waals surface area contributed by atoms with Crippen LogP contribution in [0.5, 0.6) is 0 Å². The Balaban J connectivity index is 1.44. The van der Waals surface area contributed by atoms with Crippen molar-refractivity contribution in [2.75, 3.05) is 26.2 Å². The topological polar surface area (TPSA) is 114 Å². The number of amides is 4. The second-order valence-corrected chi connectivity index (χ2v) is 10.9. The van der Waals surface area contributed by atoms with Gasteiger partial charge in [0.15, 0.2) is 0 Å². The van der Waals surface area contributed by atoms with Crippen LogP contribution in [0.15, 0.2) is 91.0 Å². The van der Waals surface area contributed by atoms with Gasteiger partial charge < -0.3 is 20.2 Å². The molecule has 2 N–H and O–H groups in total. The molecule has 2 aliphatic rings. The number of aliphatic carboxylic acids is 1. The summed E-state index contributed by atoms with van der Waals surface area (Å²) in [6, 6.07) is 27.6. The number of hydrogen-bond acceptors (Lipinski definition) is 5. The van der Waals surface area contributed by atoms with Crippen molar-refractivity contribution in [3.63, 3.8) is 0 Å². The van der Waals surface area contributed by atoms with E-state index in [4.69, 9.17) is 6.42 Å². The number of fused-ring (bicyclic) bond motifs is 1. The zero-order chi connectivity index (χ0) is 31.1. The number of nitrogens with zero attached hydrogens (tertiary/aromatic N) is 4. The van der Waals surface area contributed by atoms with E-state index in [1.807, 2.05) is 91.0 Å². The highest BCUT2D eigenvalue weighted by molar-refractivity contribution is 5.93. The number of carboxylic acids is 1. The highest BCUT2D eigenvalue weighted by Crippen LogP contribution is 2.31. The molecular weight excluding hydrogens is 558 g/mol. The van der Waals surface area contributed by atoms with Gasteiger partial charge in [0.2, 0.25) is 11.8 Å². The van der Waals surface area contributed by atoms with Gasteiger partial charge in [0.1, 0.15) is 12.2 Å². The molecule has 4 amide bonds. The maximum Gasteiger partial charge on any atom is 0.334 e. The van der Waals surface area contributed by atoms with E-state index in [0.29, 0.717) is 6.42 Å². The molecular formula is C34H35N5O5. The Morgan fingerprint density at radius 2 is 1.52 bits per heavy atom. The minimum absolute atomic E-state index is 0.0107. The summed E-state index contributed by atoms with van der Waals surface area (Å²) in [5.74, 6) is 0.360. The average molecular weight is 594 g/mol. The fourth-order valence-corrected chi connectivity index (χ4v) is 6.04. The number of carboxylic acid groups (broad SMARTS) is 1. The van der Waals surface area contributed by atoms with E-state index in [1.54, 1.807) is 4.90 Å². The summed E-state index contributed by atoms with van der Waals surface area (Å²) >= 11 is 0. The molecule has 0 saturated carbocycles. The van der Waals surface area contributed by atoms with Gasteiger partial charge >= 0.3 is 12.0 Å². The summed E-state index contributed by atoms with van der Waals surface area (Å²) in [6.45, 7) is 0.258. The van der Waals surface area contributed by atoms with Crippen molar-refractivity contribution in [2.24, 2.45) is 0 Å².